The highest BCUT2D eigenvalue weighted by Crippen LogP contribution is 2.33. The van der Waals surface area contributed by atoms with E-state index in [1.807, 2.05) is 32.9 Å². The molecule has 1 aromatic carbocycles. The molecule has 0 fully saturated rings. The zero-order valence-electron chi connectivity index (χ0n) is 11.9. The van der Waals surface area contributed by atoms with Crippen LogP contribution in [0.5, 0.6) is 0 Å². The first-order valence-corrected chi connectivity index (χ1v) is 6.97. The highest BCUT2D eigenvalue weighted by atomic mass is 35.5. The third-order valence-electron chi connectivity index (χ3n) is 3.33. The predicted octanol–water partition coefficient (Wildman–Crippen LogP) is 4.56. The molecule has 0 spiro atoms. The number of benzene rings is 1. The van der Waals surface area contributed by atoms with Crippen molar-refractivity contribution in [2.45, 2.75) is 33.7 Å². The largest absolute Gasteiger partial charge is 0.466 e. The van der Waals surface area contributed by atoms with Crippen molar-refractivity contribution in [3.63, 3.8) is 0 Å². The fourth-order valence-electron chi connectivity index (χ4n) is 2.42. The molecule has 1 N–H and O–H groups in total. The maximum Gasteiger partial charge on any atom is 0.106 e. The van der Waals surface area contributed by atoms with Gasteiger partial charge in [0.25, 0.3) is 0 Å². The Labute approximate surface area is 119 Å². The molecule has 0 aliphatic rings. The monoisotopic (exact) mass is 277 g/mol. The number of hydrogen-bond acceptors (Lipinski definition) is 2. The van der Waals surface area contributed by atoms with Crippen molar-refractivity contribution >= 4 is 11.6 Å². The summed E-state index contributed by atoms with van der Waals surface area (Å²) >= 11 is 6.46. The average Bonchev–Trinajstić information content (AvgIpc) is 2.69. The quantitative estimate of drug-likeness (QED) is 0.886. The van der Waals surface area contributed by atoms with Gasteiger partial charge in [0.05, 0.1) is 6.04 Å². The van der Waals surface area contributed by atoms with Crippen LogP contribution in [0.4, 0.5) is 0 Å². The molecule has 102 valence electrons. The third kappa shape index (κ3) is 2.85. The van der Waals surface area contributed by atoms with Crippen molar-refractivity contribution in [1.82, 2.24) is 5.32 Å². The number of nitrogens with one attached hydrogen (secondary N) is 1. The van der Waals surface area contributed by atoms with Crippen molar-refractivity contribution in [2.24, 2.45) is 0 Å². The van der Waals surface area contributed by atoms with Gasteiger partial charge in [-0.25, -0.2) is 0 Å². The van der Waals surface area contributed by atoms with Crippen LogP contribution >= 0.6 is 11.6 Å². The molecule has 0 aliphatic carbocycles. The average molecular weight is 278 g/mol. The zero-order chi connectivity index (χ0) is 14.0. The number of furan rings is 1. The molecule has 0 bridgehead atoms. The van der Waals surface area contributed by atoms with Gasteiger partial charge in [-0.2, -0.15) is 0 Å². The predicted molar refractivity (Wildman–Crippen MR) is 79.9 cm³/mol. The van der Waals surface area contributed by atoms with Crippen LogP contribution in [-0.4, -0.2) is 6.54 Å². The molecule has 2 rings (SSSR count). The van der Waals surface area contributed by atoms with E-state index < -0.39 is 0 Å². The van der Waals surface area contributed by atoms with E-state index in [1.54, 1.807) is 0 Å². The second-order valence-corrected chi connectivity index (χ2v) is 5.22. The van der Waals surface area contributed by atoms with Gasteiger partial charge in [-0.15, -0.1) is 0 Å². The normalized spacial score (nSPS) is 12.7. The number of halogens is 1. The van der Waals surface area contributed by atoms with Crippen LogP contribution in [0.3, 0.4) is 0 Å². The molecule has 1 aromatic heterocycles. The molecular weight excluding hydrogens is 258 g/mol. The molecule has 0 saturated heterocycles. The lowest BCUT2D eigenvalue weighted by Gasteiger charge is -2.20. The Balaban J connectivity index is 2.51. The van der Waals surface area contributed by atoms with E-state index >= 15 is 0 Å². The smallest absolute Gasteiger partial charge is 0.106 e. The van der Waals surface area contributed by atoms with Crippen LogP contribution < -0.4 is 5.32 Å². The van der Waals surface area contributed by atoms with Crippen molar-refractivity contribution in [3.8, 4) is 0 Å². The second kappa shape index (κ2) is 5.81. The number of hydrogen-bond donors (Lipinski definition) is 1. The molecule has 0 aliphatic heterocycles. The molecule has 19 heavy (non-hydrogen) atoms. The topological polar surface area (TPSA) is 25.2 Å². The second-order valence-electron chi connectivity index (χ2n) is 4.84. The van der Waals surface area contributed by atoms with Crippen molar-refractivity contribution < 1.29 is 4.42 Å². The summed E-state index contributed by atoms with van der Waals surface area (Å²) < 4.78 is 5.65. The molecule has 0 amide bonds. The SMILES string of the molecule is CCNC(c1cc(C)oc1C)c1cccc(C)c1Cl. The standard InChI is InChI=1S/C16H20ClNO/c1-5-18-16(14-9-11(3)19-12(14)4)13-8-6-7-10(2)15(13)17/h6-9,16,18H,5H2,1-4H3. The Morgan fingerprint density at radius 2 is 1.95 bits per heavy atom. The molecular formula is C16H20ClNO. The maximum atomic E-state index is 6.46. The van der Waals surface area contributed by atoms with E-state index in [4.69, 9.17) is 16.0 Å². The van der Waals surface area contributed by atoms with Gasteiger partial charge < -0.3 is 9.73 Å². The Kier molecular flexibility index (Phi) is 4.33. The van der Waals surface area contributed by atoms with Crippen LogP contribution in [-0.2, 0) is 0 Å². The van der Waals surface area contributed by atoms with Crippen LogP contribution in [0.25, 0.3) is 0 Å². The Bertz CT molecular complexity index is 574. The summed E-state index contributed by atoms with van der Waals surface area (Å²) in [6.07, 6.45) is 0. The fourth-order valence-corrected chi connectivity index (χ4v) is 2.66. The lowest BCUT2D eigenvalue weighted by Crippen LogP contribution is -2.22. The van der Waals surface area contributed by atoms with E-state index in [0.717, 1.165) is 39.8 Å². The lowest BCUT2D eigenvalue weighted by molar-refractivity contribution is 0.495. The summed E-state index contributed by atoms with van der Waals surface area (Å²) in [5.41, 5.74) is 3.36. The van der Waals surface area contributed by atoms with Gasteiger partial charge in [-0.3, -0.25) is 0 Å². The van der Waals surface area contributed by atoms with Gasteiger partial charge in [0, 0.05) is 10.6 Å². The molecule has 1 unspecified atom stereocenters. The van der Waals surface area contributed by atoms with E-state index in [0.29, 0.717) is 0 Å². The minimum absolute atomic E-state index is 0.0786. The Morgan fingerprint density at radius 3 is 2.53 bits per heavy atom. The molecule has 0 saturated carbocycles. The summed E-state index contributed by atoms with van der Waals surface area (Å²) in [4.78, 5) is 0. The minimum atomic E-state index is 0.0786. The van der Waals surface area contributed by atoms with Gasteiger partial charge in [-0.05, 0) is 44.5 Å². The minimum Gasteiger partial charge on any atom is -0.466 e. The Morgan fingerprint density at radius 1 is 1.21 bits per heavy atom. The van der Waals surface area contributed by atoms with Crippen molar-refractivity contribution in [2.75, 3.05) is 6.54 Å². The summed E-state index contributed by atoms with van der Waals surface area (Å²) in [6.45, 7) is 8.97. The highest BCUT2D eigenvalue weighted by molar-refractivity contribution is 6.32. The van der Waals surface area contributed by atoms with E-state index in [9.17, 15) is 0 Å². The molecule has 2 nitrogen and oxygen atoms in total. The van der Waals surface area contributed by atoms with Gasteiger partial charge in [-0.1, -0.05) is 36.7 Å². The lowest BCUT2D eigenvalue weighted by atomic mass is 9.97. The molecule has 1 atom stereocenters. The molecule has 3 heteroatoms. The molecule has 0 radical (unpaired) electrons. The van der Waals surface area contributed by atoms with E-state index in [-0.39, 0.29) is 6.04 Å². The van der Waals surface area contributed by atoms with Crippen molar-refractivity contribution in [1.29, 1.82) is 0 Å². The first-order valence-electron chi connectivity index (χ1n) is 6.60. The van der Waals surface area contributed by atoms with E-state index in [1.165, 1.54) is 0 Å². The summed E-state index contributed by atoms with van der Waals surface area (Å²) in [5, 5.41) is 4.32. The fraction of sp³-hybridized carbons (Fsp3) is 0.375. The van der Waals surface area contributed by atoms with Gasteiger partial charge >= 0.3 is 0 Å². The Hall–Kier alpha value is -1.25. The van der Waals surface area contributed by atoms with Gasteiger partial charge in [0.2, 0.25) is 0 Å². The first kappa shape index (κ1) is 14.2. The van der Waals surface area contributed by atoms with E-state index in [2.05, 4.69) is 24.4 Å². The van der Waals surface area contributed by atoms with Gasteiger partial charge in [0.15, 0.2) is 0 Å². The van der Waals surface area contributed by atoms with Gasteiger partial charge in [0.1, 0.15) is 11.5 Å². The third-order valence-corrected chi connectivity index (χ3v) is 3.85. The summed E-state index contributed by atoms with van der Waals surface area (Å²) in [7, 11) is 0. The first-order chi connectivity index (χ1) is 9.04. The summed E-state index contributed by atoms with van der Waals surface area (Å²) in [5.74, 6) is 1.88. The van der Waals surface area contributed by atoms with Crippen LogP contribution in [0.15, 0.2) is 28.7 Å². The number of aryl methyl sites for hydroxylation is 3. The zero-order valence-corrected chi connectivity index (χ0v) is 12.6. The highest BCUT2D eigenvalue weighted by Gasteiger charge is 2.21. The number of rotatable bonds is 4. The van der Waals surface area contributed by atoms with Crippen LogP contribution in [0, 0.1) is 20.8 Å². The summed E-state index contributed by atoms with van der Waals surface area (Å²) in [6, 6.07) is 8.31. The maximum absolute atomic E-state index is 6.46. The molecule has 1 heterocycles. The van der Waals surface area contributed by atoms with Crippen LogP contribution in [0.2, 0.25) is 5.02 Å². The molecule has 2 aromatic rings. The van der Waals surface area contributed by atoms with Crippen molar-refractivity contribution in [3.05, 3.63) is 57.5 Å². The van der Waals surface area contributed by atoms with Crippen LogP contribution in [0.1, 0.15) is 41.2 Å².